The van der Waals surface area contributed by atoms with Gasteiger partial charge < -0.3 is 10.1 Å². The Morgan fingerprint density at radius 2 is 1.96 bits per heavy atom. The lowest BCUT2D eigenvalue weighted by molar-refractivity contribution is -0.148. The molecule has 0 saturated heterocycles. The maximum absolute atomic E-state index is 12.4. The van der Waals surface area contributed by atoms with Crippen molar-refractivity contribution in [2.45, 2.75) is 25.4 Å². The zero-order valence-corrected chi connectivity index (χ0v) is 16.0. The van der Waals surface area contributed by atoms with Crippen LogP contribution in [0.5, 0.6) is 0 Å². The molecule has 0 bridgehead atoms. The first-order chi connectivity index (χ1) is 13.1. The van der Waals surface area contributed by atoms with Gasteiger partial charge in [-0.25, -0.2) is 0 Å². The van der Waals surface area contributed by atoms with E-state index in [4.69, 9.17) is 16.3 Å². The molecule has 1 amide bonds. The van der Waals surface area contributed by atoms with Crippen LogP contribution in [0.2, 0.25) is 5.02 Å². The van der Waals surface area contributed by atoms with Crippen molar-refractivity contribution in [3.05, 3.63) is 70.2 Å². The fourth-order valence-corrected chi connectivity index (χ4v) is 3.60. The first-order valence-corrected chi connectivity index (χ1v) is 9.34. The number of amides is 1. The fourth-order valence-electron chi connectivity index (χ4n) is 3.39. The lowest BCUT2D eigenvalue weighted by atomic mass is 9.94. The van der Waals surface area contributed by atoms with E-state index in [1.54, 1.807) is 0 Å². The van der Waals surface area contributed by atoms with Crippen LogP contribution in [0.1, 0.15) is 16.7 Å². The Labute approximate surface area is 164 Å². The lowest BCUT2D eigenvalue weighted by Gasteiger charge is -2.34. The van der Waals surface area contributed by atoms with Gasteiger partial charge in [0.15, 0.2) is 0 Å². The highest BCUT2D eigenvalue weighted by molar-refractivity contribution is 6.30. The second-order valence-electron chi connectivity index (χ2n) is 6.65. The van der Waals surface area contributed by atoms with Gasteiger partial charge in [0.25, 0.3) is 0 Å². The second kappa shape index (κ2) is 9.02. The van der Waals surface area contributed by atoms with Crippen LogP contribution in [0.3, 0.4) is 0 Å². The van der Waals surface area contributed by atoms with E-state index >= 15 is 0 Å². The number of nitrogens with zero attached hydrogens (tertiary/aromatic N) is 1. The minimum absolute atomic E-state index is 0.106. The number of hydrogen-bond acceptors (Lipinski definition) is 4. The zero-order valence-electron chi connectivity index (χ0n) is 15.3. The second-order valence-corrected chi connectivity index (χ2v) is 7.08. The van der Waals surface area contributed by atoms with E-state index in [0.29, 0.717) is 31.0 Å². The zero-order chi connectivity index (χ0) is 19.2. The molecule has 27 heavy (non-hydrogen) atoms. The van der Waals surface area contributed by atoms with Crippen LogP contribution < -0.4 is 5.32 Å². The van der Waals surface area contributed by atoms with Gasteiger partial charge in [-0.15, -0.1) is 0 Å². The molecule has 2 aromatic carbocycles. The van der Waals surface area contributed by atoms with E-state index in [9.17, 15) is 9.59 Å². The average Bonchev–Trinajstić information content (AvgIpc) is 2.67. The Balaban J connectivity index is 1.58. The smallest absolute Gasteiger partial charge is 0.323 e. The summed E-state index contributed by atoms with van der Waals surface area (Å²) in [5.74, 6) is -0.415. The summed E-state index contributed by atoms with van der Waals surface area (Å²) < 4.78 is 4.94. The normalized spacial score (nSPS) is 16.4. The maximum Gasteiger partial charge on any atom is 0.323 e. The Morgan fingerprint density at radius 3 is 2.70 bits per heavy atom. The van der Waals surface area contributed by atoms with E-state index in [2.05, 4.69) is 5.32 Å². The minimum Gasteiger partial charge on any atom is -0.468 e. The van der Waals surface area contributed by atoms with Crippen molar-refractivity contribution < 1.29 is 14.3 Å². The number of halogens is 1. The van der Waals surface area contributed by atoms with Crippen molar-refractivity contribution in [2.24, 2.45) is 0 Å². The summed E-state index contributed by atoms with van der Waals surface area (Å²) in [7, 11) is 1.38. The van der Waals surface area contributed by atoms with Crippen LogP contribution in [-0.4, -0.2) is 43.0 Å². The van der Waals surface area contributed by atoms with Crippen LogP contribution in [0.15, 0.2) is 48.5 Å². The maximum atomic E-state index is 12.4. The first-order valence-electron chi connectivity index (χ1n) is 8.96. The van der Waals surface area contributed by atoms with Gasteiger partial charge >= 0.3 is 5.97 Å². The molecule has 6 heteroatoms. The summed E-state index contributed by atoms with van der Waals surface area (Å²) >= 11 is 5.98. The summed E-state index contributed by atoms with van der Waals surface area (Å²) in [6, 6.07) is 15.1. The van der Waals surface area contributed by atoms with Crippen molar-refractivity contribution in [3.63, 3.8) is 0 Å². The quantitative estimate of drug-likeness (QED) is 0.775. The van der Waals surface area contributed by atoms with E-state index in [0.717, 1.165) is 16.7 Å². The highest BCUT2D eigenvalue weighted by Crippen LogP contribution is 2.23. The molecule has 0 fully saturated rings. The van der Waals surface area contributed by atoms with E-state index in [-0.39, 0.29) is 18.4 Å². The van der Waals surface area contributed by atoms with Crippen LogP contribution >= 0.6 is 11.6 Å². The number of ether oxygens (including phenoxy) is 1. The Hall–Kier alpha value is -2.37. The minimum atomic E-state index is -0.441. The molecule has 142 valence electrons. The Morgan fingerprint density at radius 1 is 1.19 bits per heavy atom. The summed E-state index contributed by atoms with van der Waals surface area (Å²) in [5.41, 5.74) is 3.34. The van der Waals surface area contributed by atoms with Gasteiger partial charge in [-0.05, 0) is 41.7 Å². The van der Waals surface area contributed by atoms with Crippen LogP contribution in [-0.2, 0) is 33.7 Å². The van der Waals surface area contributed by atoms with E-state index < -0.39 is 6.04 Å². The van der Waals surface area contributed by atoms with Gasteiger partial charge in [-0.2, -0.15) is 0 Å². The third kappa shape index (κ3) is 5.08. The topological polar surface area (TPSA) is 58.6 Å². The highest BCUT2D eigenvalue weighted by atomic mass is 35.5. The predicted octanol–water partition coefficient (Wildman–Crippen LogP) is 2.60. The Bertz CT molecular complexity index is 825. The SMILES string of the molecule is COC(=O)[C@H]1Cc2ccccc2CN1CC(=O)NCCc1cccc(Cl)c1. The predicted molar refractivity (Wildman–Crippen MR) is 105 cm³/mol. The van der Waals surface area contributed by atoms with Gasteiger partial charge in [0.1, 0.15) is 6.04 Å². The molecular formula is C21H23ClN2O3. The van der Waals surface area contributed by atoms with Gasteiger partial charge in [-0.1, -0.05) is 48.0 Å². The lowest BCUT2D eigenvalue weighted by Crippen LogP contribution is -2.50. The number of methoxy groups -OCH3 is 1. The van der Waals surface area contributed by atoms with Crippen LogP contribution in [0.4, 0.5) is 0 Å². The molecule has 3 rings (SSSR count). The number of esters is 1. The summed E-state index contributed by atoms with van der Waals surface area (Å²) in [4.78, 5) is 26.5. The molecule has 1 N–H and O–H groups in total. The first kappa shape index (κ1) is 19.4. The van der Waals surface area contributed by atoms with E-state index in [1.165, 1.54) is 7.11 Å². The summed E-state index contributed by atoms with van der Waals surface area (Å²) in [6.45, 7) is 1.23. The number of rotatable bonds is 6. The number of carbonyl (C=O) groups is 2. The van der Waals surface area contributed by atoms with Crippen molar-refractivity contribution in [3.8, 4) is 0 Å². The number of carbonyl (C=O) groups excluding carboxylic acids is 2. The number of nitrogens with one attached hydrogen (secondary N) is 1. The highest BCUT2D eigenvalue weighted by Gasteiger charge is 2.33. The number of fused-ring (bicyclic) bond motifs is 1. The molecule has 0 aromatic heterocycles. The molecule has 1 aliphatic rings. The van der Waals surface area contributed by atoms with Gasteiger partial charge in [0, 0.05) is 18.1 Å². The fraction of sp³-hybridized carbons (Fsp3) is 0.333. The molecule has 0 unspecified atom stereocenters. The third-order valence-electron chi connectivity index (χ3n) is 4.79. The molecule has 1 aliphatic heterocycles. The molecule has 0 saturated carbocycles. The van der Waals surface area contributed by atoms with Crippen LogP contribution in [0.25, 0.3) is 0 Å². The monoisotopic (exact) mass is 386 g/mol. The third-order valence-corrected chi connectivity index (χ3v) is 5.03. The molecule has 2 aromatic rings. The number of benzene rings is 2. The molecule has 5 nitrogen and oxygen atoms in total. The Kier molecular flexibility index (Phi) is 6.48. The summed E-state index contributed by atoms with van der Waals surface area (Å²) in [6.07, 6.45) is 1.26. The standard InChI is InChI=1S/C21H23ClN2O3/c1-27-21(26)19-12-16-6-2-3-7-17(16)13-24(19)14-20(25)23-10-9-15-5-4-8-18(22)11-15/h2-8,11,19H,9-10,12-14H2,1H3,(H,23,25)/t19-/m1/s1. The molecule has 0 spiro atoms. The van der Waals surface area contributed by atoms with Crippen molar-refractivity contribution in [1.82, 2.24) is 10.2 Å². The average molecular weight is 387 g/mol. The van der Waals surface area contributed by atoms with Gasteiger partial charge in [-0.3, -0.25) is 14.5 Å². The molecular weight excluding hydrogens is 364 g/mol. The van der Waals surface area contributed by atoms with Crippen LogP contribution in [0, 0.1) is 0 Å². The van der Waals surface area contributed by atoms with Gasteiger partial charge in [0.05, 0.1) is 13.7 Å². The molecule has 1 heterocycles. The summed E-state index contributed by atoms with van der Waals surface area (Å²) in [5, 5.41) is 3.61. The van der Waals surface area contributed by atoms with Crippen molar-refractivity contribution >= 4 is 23.5 Å². The van der Waals surface area contributed by atoms with Crippen molar-refractivity contribution in [1.29, 1.82) is 0 Å². The van der Waals surface area contributed by atoms with Crippen molar-refractivity contribution in [2.75, 3.05) is 20.2 Å². The number of hydrogen-bond donors (Lipinski definition) is 1. The molecule has 1 atom stereocenters. The largest absolute Gasteiger partial charge is 0.468 e. The van der Waals surface area contributed by atoms with Gasteiger partial charge in [0.2, 0.25) is 5.91 Å². The molecule has 0 aliphatic carbocycles. The van der Waals surface area contributed by atoms with E-state index in [1.807, 2.05) is 53.4 Å². The molecule has 0 radical (unpaired) electrons.